The summed E-state index contributed by atoms with van der Waals surface area (Å²) in [6.07, 6.45) is 0.777. The van der Waals surface area contributed by atoms with E-state index in [2.05, 4.69) is 5.32 Å². The smallest absolute Gasteiger partial charge is 0.272 e. The lowest BCUT2D eigenvalue weighted by Crippen LogP contribution is -2.36. The molecule has 1 aromatic carbocycles. The average Bonchev–Trinajstić information content (AvgIpc) is 2.34. The van der Waals surface area contributed by atoms with Crippen molar-refractivity contribution in [2.45, 2.75) is 26.3 Å². The number of nitrogens with one attached hydrogen (secondary N) is 1. The molecule has 1 atom stereocenters. The number of rotatable bonds is 5. The lowest BCUT2D eigenvalue weighted by molar-refractivity contribution is -0.385. The molecular weight excluding hydrogens is 234 g/mol. The van der Waals surface area contributed by atoms with Crippen molar-refractivity contribution in [3.63, 3.8) is 0 Å². The van der Waals surface area contributed by atoms with Gasteiger partial charge in [0.2, 0.25) is 0 Å². The molecule has 0 fully saturated rings. The molecule has 0 saturated carbocycles. The molecule has 3 N–H and O–H groups in total. The third-order valence-electron chi connectivity index (χ3n) is 2.70. The van der Waals surface area contributed by atoms with Crippen molar-refractivity contribution in [2.24, 2.45) is 5.73 Å². The maximum atomic E-state index is 11.8. The van der Waals surface area contributed by atoms with E-state index in [0.717, 1.165) is 6.42 Å². The van der Waals surface area contributed by atoms with Gasteiger partial charge in [0, 0.05) is 29.8 Å². The van der Waals surface area contributed by atoms with Crippen LogP contribution in [0.5, 0.6) is 0 Å². The largest absolute Gasteiger partial charge is 0.350 e. The van der Waals surface area contributed by atoms with Gasteiger partial charge in [0.25, 0.3) is 11.6 Å². The highest BCUT2D eigenvalue weighted by molar-refractivity contribution is 5.94. The third-order valence-corrected chi connectivity index (χ3v) is 2.70. The second kappa shape index (κ2) is 6.11. The van der Waals surface area contributed by atoms with E-state index in [1.54, 1.807) is 6.92 Å². The first kappa shape index (κ1) is 14.1. The standard InChI is InChI=1S/C12H17N3O3/c1-3-10(13)7-14-12(16)9-4-5-11(15(17)18)8(2)6-9/h4-6,10H,3,7,13H2,1-2H3,(H,14,16). The summed E-state index contributed by atoms with van der Waals surface area (Å²) in [7, 11) is 0. The van der Waals surface area contributed by atoms with Crippen LogP contribution in [0.1, 0.15) is 29.3 Å². The summed E-state index contributed by atoms with van der Waals surface area (Å²) in [6, 6.07) is 4.21. The minimum absolute atomic E-state index is 0.0109. The molecular formula is C12H17N3O3. The number of amides is 1. The Labute approximate surface area is 105 Å². The predicted octanol–water partition coefficient (Wildman–Crippen LogP) is 1.37. The predicted molar refractivity (Wildman–Crippen MR) is 68.4 cm³/mol. The molecule has 1 amide bonds. The van der Waals surface area contributed by atoms with Crippen LogP contribution in [0.3, 0.4) is 0 Å². The fourth-order valence-corrected chi connectivity index (χ4v) is 1.47. The molecule has 0 aromatic heterocycles. The number of hydrogen-bond acceptors (Lipinski definition) is 4. The van der Waals surface area contributed by atoms with E-state index in [0.29, 0.717) is 17.7 Å². The van der Waals surface area contributed by atoms with Crippen molar-refractivity contribution in [3.8, 4) is 0 Å². The van der Waals surface area contributed by atoms with Gasteiger partial charge in [0.15, 0.2) is 0 Å². The molecule has 0 heterocycles. The van der Waals surface area contributed by atoms with Gasteiger partial charge in [-0.25, -0.2) is 0 Å². The molecule has 18 heavy (non-hydrogen) atoms. The van der Waals surface area contributed by atoms with Crippen LogP contribution in [0.15, 0.2) is 18.2 Å². The molecule has 6 nitrogen and oxygen atoms in total. The minimum Gasteiger partial charge on any atom is -0.350 e. The second-order valence-corrected chi connectivity index (χ2v) is 4.14. The van der Waals surface area contributed by atoms with Crippen LogP contribution in [0, 0.1) is 17.0 Å². The quantitative estimate of drug-likeness (QED) is 0.610. The van der Waals surface area contributed by atoms with E-state index in [-0.39, 0.29) is 17.6 Å². The highest BCUT2D eigenvalue weighted by Gasteiger charge is 2.13. The van der Waals surface area contributed by atoms with Crippen molar-refractivity contribution < 1.29 is 9.72 Å². The Kier molecular flexibility index (Phi) is 4.79. The average molecular weight is 251 g/mol. The topological polar surface area (TPSA) is 98.3 Å². The summed E-state index contributed by atoms with van der Waals surface area (Å²) in [5.41, 5.74) is 6.57. The Morgan fingerprint density at radius 1 is 1.56 bits per heavy atom. The molecule has 1 rings (SSSR count). The Morgan fingerprint density at radius 3 is 2.72 bits per heavy atom. The number of nitrogens with two attached hydrogens (primary N) is 1. The number of nitro groups is 1. The van der Waals surface area contributed by atoms with Crippen LogP contribution in [-0.2, 0) is 0 Å². The zero-order valence-electron chi connectivity index (χ0n) is 10.5. The van der Waals surface area contributed by atoms with Gasteiger partial charge in [-0.05, 0) is 25.5 Å². The van der Waals surface area contributed by atoms with Crippen LogP contribution in [0.2, 0.25) is 0 Å². The summed E-state index contributed by atoms with van der Waals surface area (Å²) in [4.78, 5) is 21.9. The second-order valence-electron chi connectivity index (χ2n) is 4.14. The molecule has 98 valence electrons. The van der Waals surface area contributed by atoms with Gasteiger partial charge < -0.3 is 11.1 Å². The van der Waals surface area contributed by atoms with Gasteiger partial charge in [-0.2, -0.15) is 0 Å². The lowest BCUT2D eigenvalue weighted by Gasteiger charge is -2.10. The van der Waals surface area contributed by atoms with Crippen LogP contribution >= 0.6 is 0 Å². The zero-order chi connectivity index (χ0) is 13.7. The SMILES string of the molecule is CCC(N)CNC(=O)c1ccc([N+](=O)[O-])c(C)c1. The maximum absolute atomic E-state index is 11.8. The van der Waals surface area contributed by atoms with Gasteiger partial charge in [0.05, 0.1) is 4.92 Å². The van der Waals surface area contributed by atoms with Crippen LogP contribution in [0.4, 0.5) is 5.69 Å². The van der Waals surface area contributed by atoms with E-state index in [1.165, 1.54) is 18.2 Å². The van der Waals surface area contributed by atoms with Gasteiger partial charge in [-0.15, -0.1) is 0 Å². The van der Waals surface area contributed by atoms with Gasteiger partial charge >= 0.3 is 0 Å². The molecule has 6 heteroatoms. The fourth-order valence-electron chi connectivity index (χ4n) is 1.47. The van der Waals surface area contributed by atoms with Crippen LogP contribution in [0.25, 0.3) is 0 Å². The Hall–Kier alpha value is -1.95. The Bertz CT molecular complexity index is 460. The normalized spacial score (nSPS) is 11.9. The van der Waals surface area contributed by atoms with E-state index in [9.17, 15) is 14.9 Å². The molecule has 0 radical (unpaired) electrons. The Balaban J connectivity index is 2.76. The van der Waals surface area contributed by atoms with E-state index < -0.39 is 4.92 Å². The number of nitro benzene ring substituents is 1. The van der Waals surface area contributed by atoms with E-state index in [4.69, 9.17) is 5.73 Å². The van der Waals surface area contributed by atoms with Crippen LogP contribution in [-0.4, -0.2) is 23.4 Å². The third kappa shape index (κ3) is 3.53. The van der Waals surface area contributed by atoms with Gasteiger partial charge in [-0.1, -0.05) is 6.92 Å². The Morgan fingerprint density at radius 2 is 2.22 bits per heavy atom. The number of nitrogens with zero attached hydrogens (tertiary/aromatic N) is 1. The monoisotopic (exact) mass is 251 g/mol. The highest BCUT2D eigenvalue weighted by Crippen LogP contribution is 2.18. The van der Waals surface area contributed by atoms with Crippen molar-refractivity contribution in [1.82, 2.24) is 5.32 Å². The number of aryl methyl sites for hydroxylation is 1. The fraction of sp³-hybridized carbons (Fsp3) is 0.417. The lowest BCUT2D eigenvalue weighted by atomic mass is 10.1. The number of carbonyl (C=O) groups excluding carboxylic acids is 1. The zero-order valence-corrected chi connectivity index (χ0v) is 10.5. The van der Waals surface area contributed by atoms with Crippen molar-refractivity contribution in [2.75, 3.05) is 6.54 Å². The molecule has 0 saturated heterocycles. The summed E-state index contributed by atoms with van der Waals surface area (Å²) in [5.74, 6) is -0.267. The highest BCUT2D eigenvalue weighted by atomic mass is 16.6. The summed E-state index contributed by atoms with van der Waals surface area (Å²) in [6.45, 7) is 3.94. The molecule has 0 aliphatic rings. The first-order valence-electron chi connectivity index (χ1n) is 5.74. The summed E-state index contributed by atoms with van der Waals surface area (Å²) < 4.78 is 0. The van der Waals surface area contributed by atoms with Gasteiger partial charge in [-0.3, -0.25) is 14.9 Å². The minimum atomic E-state index is -0.468. The van der Waals surface area contributed by atoms with E-state index >= 15 is 0 Å². The molecule has 0 bridgehead atoms. The number of benzene rings is 1. The van der Waals surface area contributed by atoms with Crippen molar-refractivity contribution in [3.05, 3.63) is 39.4 Å². The molecule has 1 unspecified atom stereocenters. The van der Waals surface area contributed by atoms with E-state index in [1.807, 2.05) is 6.92 Å². The molecule has 0 spiro atoms. The van der Waals surface area contributed by atoms with Gasteiger partial charge in [0.1, 0.15) is 0 Å². The molecule has 0 aliphatic carbocycles. The van der Waals surface area contributed by atoms with Crippen LogP contribution < -0.4 is 11.1 Å². The summed E-state index contributed by atoms with van der Waals surface area (Å²) in [5, 5.41) is 13.3. The molecule has 0 aliphatic heterocycles. The first-order chi connectivity index (χ1) is 8.45. The number of carbonyl (C=O) groups is 1. The molecule has 1 aromatic rings. The van der Waals surface area contributed by atoms with Crippen molar-refractivity contribution in [1.29, 1.82) is 0 Å². The van der Waals surface area contributed by atoms with Crippen molar-refractivity contribution >= 4 is 11.6 Å². The summed E-state index contributed by atoms with van der Waals surface area (Å²) >= 11 is 0. The maximum Gasteiger partial charge on any atom is 0.272 e. The first-order valence-corrected chi connectivity index (χ1v) is 5.74. The number of hydrogen-bond donors (Lipinski definition) is 2.